The number of nitrogens with one attached hydrogen (secondary N) is 4. The number of likely N-dealkylation sites (tertiary alicyclic amines) is 1. The number of nitrogens with zero attached hydrogens (tertiary/aromatic N) is 2. The number of H-pyrrole nitrogens is 2. The predicted octanol–water partition coefficient (Wildman–Crippen LogP) is 5.33. The molecule has 0 aliphatic carbocycles. The maximum atomic E-state index is 12.7. The summed E-state index contributed by atoms with van der Waals surface area (Å²) in [5, 5.41) is 6.27. The largest absolute Gasteiger partial charge is 0.380 e. The summed E-state index contributed by atoms with van der Waals surface area (Å²) in [7, 11) is 0. The number of benzene rings is 3. The number of aromatic amines is 2. The molecule has 1 aliphatic heterocycles. The molecular weight excluding hydrogens is 476 g/mol. The Kier molecular flexibility index (Phi) is 6.80. The molecule has 0 bridgehead atoms. The Morgan fingerprint density at radius 3 is 2.20 bits per heavy atom. The molecule has 1 saturated heterocycles. The minimum atomic E-state index is -0.296. The fraction of sp³-hybridized carbons (Fsp3) is 0.154. The molecule has 0 spiro atoms. The SMILES string of the molecule is O=C(Nc1nc(=S)[nH]c(=S)[nH]1)c1cccc(NC2CN(C(c3ccccc3)c3ccccc3)C2)c1. The summed E-state index contributed by atoms with van der Waals surface area (Å²) in [5.41, 5.74) is 3.97. The normalized spacial score (nSPS) is 13.9. The van der Waals surface area contributed by atoms with Crippen LogP contribution in [0, 0.1) is 9.54 Å². The third-order valence-electron chi connectivity index (χ3n) is 5.90. The van der Waals surface area contributed by atoms with Crippen molar-refractivity contribution in [1.82, 2.24) is 19.9 Å². The van der Waals surface area contributed by atoms with Gasteiger partial charge in [-0.2, -0.15) is 4.98 Å². The number of carbonyl (C=O) groups excluding carboxylic acids is 1. The molecule has 9 heteroatoms. The van der Waals surface area contributed by atoms with Gasteiger partial charge < -0.3 is 15.3 Å². The van der Waals surface area contributed by atoms with Gasteiger partial charge >= 0.3 is 0 Å². The number of carbonyl (C=O) groups is 1. The van der Waals surface area contributed by atoms with Gasteiger partial charge in [0, 0.05) is 24.3 Å². The topological polar surface area (TPSA) is 88.8 Å². The van der Waals surface area contributed by atoms with Gasteiger partial charge in [-0.05, 0) is 53.8 Å². The predicted molar refractivity (Wildman–Crippen MR) is 143 cm³/mol. The fourth-order valence-corrected chi connectivity index (χ4v) is 4.77. The fourth-order valence-electron chi connectivity index (χ4n) is 4.32. The molecular formula is C26H24N6OS2. The van der Waals surface area contributed by atoms with Crippen LogP contribution in [0.3, 0.4) is 0 Å². The zero-order valence-electron chi connectivity index (χ0n) is 18.8. The van der Waals surface area contributed by atoms with Crippen molar-refractivity contribution in [2.45, 2.75) is 12.1 Å². The van der Waals surface area contributed by atoms with Crippen molar-refractivity contribution in [3.63, 3.8) is 0 Å². The highest BCUT2D eigenvalue weighted by atomic mass is 32.1. The van der Waals surface area contributed by atoms with Crippen LogP contribution >= 0.6 is 24.4 Å². The molecule has 0 radical (unpaired) electrons. The molecule has 0 unspecified atom stereocenters. The monoisotopic (exact) mass is 500 g/mol. The molecule has 4 N–H and O–H groups in total. The van der Waals surface area contributed by atoms with Gasteiger partial charge in [0.1, 0.15) is 0 Å². The van der Waals surface area contributed by atoms with Gasteiger partial charge in [-0.25, -0.2) is 0 Å². The number of hydrogen-bond acceptors (Lipinski definition) is 6. The number of amides is 1. The second-order valence-corrected chi connectivity index (χ2v) is 9.19. The summed E-state index contributed by atoms with van der Waals surface area (Å²) in [6, 6.07) is 29.1. The van der Waals surface area contributed by atoms with E-state index in [1.807, 2.05) is 30.3 Å². The number of rotatable bonds is 7. The van der Waals surface area contributed by atoms with Gasteiger partial charge in [0.25, 0.3) is 5.91 Å². The summed E-state index contributed by atoms with van der Waals surface area (Å²) >= 11 is 10.1. The molecule has 7 nitrogen and oxygen atoms in total. The van der Waals surface area contributed by atoms with Gasteiger partial charge in [-0.3, -0.25) is 15.0 Å². The zero-order valence-corrected chi connectivity index (χ0v) is 20.4. The minimum absolute atomic E-state index is 0.207. The summed E-state index contributed by atoms with van der Waals surface area (Å²) in [6.07, 6.45) is 0. The van der Waals surface area contributed by atoms with Crippen molar-refractivity contribution < 1.29 is 4.79 Å². The van der Waals surface area contributed by atoms with E-state index < -0.39 is 0 Å². The van der Waals surface area contributed by atoms with Crippen LogP contribution in [0.15, 0.2) is 84.9 Å². The smallest absolute Gasteiger partial charge is 0.258 e. The molecule has 2 heterocycles. The summed E-state index contributed by atoms with van der Waals surface area (Å²) in [6.45, 7) is 1.79. The Morgan fingerprint density at radius 2 is 1.57 bits per heavy atom. The first-order valence-corrected chi connectivity index (χ1v) is 12.1. The molecule has 35 heavy (non-hydrogen) atoms. The van der Waals surface area contributed by atoms with Gasteiger partial charge in [0.2, 0.25) is 10.7 Å². The average molecular weight is 501 g/mol. The number of hydrogen-bond donors (Lipinski definition) is 4. The molecule has 3 aromatic carbocycles. The van der Waals surface area contributed by atoms with E-state index in [1.54, 1.807) is 6.07 Å². The van der Waals surface area contributed by atoms with Crippen LogP contribution in [-0.2, 0) is 0 Å². The standard InChI is InChI=1S/C26H24N6OS2/c33-23(28-24-29-25(34)31-26(35)30-24)19-12-7-13-20(14-19)27-21-15-32(16-21)22(17-8-3-1-4-9-17)18-10-5-2-6-11-18/h1-14,21-22,27H,15-16H2,(H3,28,29,30,31,33,34,35). The lowest BCUT2D eigenvalue weighted by molar-refractivity contribution is 0.102. The highest BCUT2D eigenvalue weighted by molar-refractivity contribution is 7.71. The van der Waals surface area contributed by atoms with E-state index in [4.69, 9.17) is 24.4 Å². The summed E-state index contributed by atoms with van der Waals surface area (Å²) in [5.74, 6) is -0.0829. The van der Waals surface area contributed by atoms with E-state index in [-0.39, 0.29) is 28.7 Å². The van der Waals surface area contributed by atoms with Crippen molar-refractivity contribution in [2.75, 3.05) is 23.7 Å². The van der Waals surface area contributed by atoms with E-state index >= 15 is 0 Å². The molecule has 1 aromatic heterocycles. The molecule has 1 fully saturated rings. The lowest BCUT2D eigenvalue weighted by Gasteiger charge is -2.45. The minimum Gasteiger partial charge on any atom is -0.380 e. The second kappa shape index (κ2) is 10.3. The van der Waals surface area contributed by atoms with E-state index in [0.717, 1.165) is 18.8 Å². The first-order valence-electron chi connectivity index (χ1n) is 11.3. The molecule has 4 aromatic rings. The average Bonchev–Trinajstić information content (AvgIpc) is 2.83. The third kappa shape index (κ3) is 5.54. The van der Waals surface area contributed by atoms with Crippen LogP contribution < -0.4 is 10.6 Å². The van der Waals surface area contributed by atoms with Gasteiger partial charge in [-0.1, -0.05) is 66.7 Å². The first-order chi connectivity index (χ1) is 17.0. The van der Waals surface area contributed by atoms with Crippen molar-refractivity contribution >= 4 is 42.0 Å². The van der Waals surface area contributed by atoms with E-state index in [1.165, 1.54) is 11.1 Å². The lowest BCUT2D eigenvalue weighted by atomic mass is 9.93. The van der Waals surface area contributed by atoms with Crippen molar-refractivity contribution in [2.24, 2.45) is 0 Å². The molecule has 5 rings (SSSR count). The zero-order chi connectivity index (χ0) is 24.2. The van der Waals surface area contributed by atoms with E-state index in [2.05, 4.69) is 79.0 Å². The van der Waals surface area contributed by atoms with E-state index in [9.17, 15) is 4.79 Å². The summed E-state index contributed by atoms with van der Waals surface area (Å²) < 4.78 is 0.507. The Hall–Kier alpha value is -3.66. The lowest BCUT2D eigenvalue weighted by Crippen LogP contribution is -2.56. The maximum Gasteiger partial charge on any atom is 0.258 e. The van der Waals surface area contributed by atoms with Crippen LogP contribution in [0.25, 0.3) is 0 Å². The third-order valence-corrected chi connectivity index (χ3v) is 6.30. The van der Waals surface area contributed by atoms with E-state index in [0.29, 0.717) is 10.3 Å². The van der Waals surface area contributed by atoms with Crippen molar-refractivity contribution in [3.8, 4) is 0 Å². The molecule has 0 saturated carbocycles. The molecule has 0 atom stereocenters. The second-order valence-electron chi connectivity index (χ2n) is 8.40. The van der Waals surface area contributed by atoms with Gasteiger partial charge in [-0.15, -0.1) is 0 Å². The van der Waals surface area contributed by atoms with Gasteiger partial charge in [0.15, 0.2) is 4.77 Å². The van der Waals surface area contributed by atoms with Crippen LogP contribution in [0.1, 0.15) is 27.5 Å². The first kappa shape index (κ1) is 23.1. The van der Waals surface area contributed by atoms with Crippen LogP contribution in [-0.4, -0.2) is 44.9 Å². The van der Waals surface area contributed by atoms with Crippen molar-refractivity contribution in [1.29, 1.82) is 0 Å². The van der Waals surface area contributed by atoms with Gasteiger partial charge in [0.05, 0.1) is 12.1 Å². The quantitative estimate of drug-likeness (QED) is 0.256. The Labute approximate surface area is 213 Å². The summed E-state index contributed by atoms with van der Waals surface area (Å²) in [4.78, 5) is 24.7. The number of aromatic nitrogens is 3. The highest BCUT2D eigenvalue weighted by Gasteiger charge is 2.34. The highest BCUT2D eigenvalue weighted by Crippen LogP contribution is 2.33. The Morgan fingerprint density at radius 1 is 0.914 bits per heavy atom. The Balaban J connectivity index is 1.25. The van der Waals surface area contributed by atoms with Crippen LogP contribution in [0.5, 0.6) is 0 Å². The van der Waals surface area contributed by atoms with Crippen LogP contribution in [0.4, 0.5) is 11.6 Å². The molecule has 1 aliphatic rings. The van der Waals surface area contributed by atoms with Crippen LogP contribution in [0.2, 0.25) is 0 Å². The number of anilines is 2. The van der Waals surface area contributed by atoms with Crippen molar-refractivity contribution in [3.05, 3.63) is 111 Å². The molecule has 1 amide bonds. The maximum absolute atomic E-state index is 12.7. The Bertz CT molecular complexity index is 1360. The molecule has 176 valence electrons.